The Hall–Kier alpha value is -3.47. The predicted molar refractivity (Wildman–Crippen MR) is 160 cm³/mol. The van der Waals surface area contributed by atoms with Crippen molar-refractivity contribution in [2.45, 2.75) is 13.8 Å². The summed E-state index contributed by atoms with van der Waals surface area (Å²) >= 11 is 10.4. The van der Waals surface area contributed by atoms with Gasteiger partial charge in [0.05, 0.1) is 27.6 Å². The van der Waals surface area contributed by atoms with Crippen LogP contribution in [0, 0.1) is 6.92 Å². The Balaban J connectivity index is 1.42. The number of hydrogen-bond donors (Lipinski definition) is 1. The van der Waals surface area contributed by atoms with E-state index in [1.54, 1.807) is 48.5 Å². The largest absolute Gasteiger partial charge is 0.490 e. The Morgan fingerprint density at radius 1 is 1.05 bits per heavy atom. The van der Waals surface area contributed by atoms with E-state index >= 15 is 0 Å². The number of hydrogen-bond acceptors (Lipinski definition) is 7. The molecule has 8 nitrogen and oxygen atoms in total. The van der Waals surface area contributed by atoms with Gasteiger partial charge in [0.25, 0.3) is 17.1 Å². The first-order valence-corrected chi connectivity index (χ1v) is 14.3. The van der Waals surface area contributed by atoms with Gasteiger partial charge in [-0.3, -0.25) is 19.3 Å². The number of carbonyl (C=O) groups excluding carboxylic acids is 3. The summed E-state index contributed by atoms with van der Waals surface area (Å²) in [5.41, 5.74) is 2.32. The van der Waals surface area contributed by atoms with Crippen molar-refractivity contribution >= 4 is 68.1 Å². The number of carbonyl (C=O) groups is 3. The van der Waals surface area contributed by atoms with Crippen molar-refractivity contribution in [1.82, 2.24) is 4.90 Å². The first-order valence-electron chi connectivity index (χ1n) is 12.3. The first-order chi connectivity index (χ1) is 19.2. The Bertz CT molecular complexity index is 1460. The fourth-order valence-corrected chi connectivity index (χ4v) is 5.41. The lowest BCUT2D eigenvalue weighted by molar-refractivity contribution is -0.123. The molecule has 3 amide bonds. The summed E-state index contributed by atoms with van der Waals surface area (Å²) in [4.78, 5) is 39.4. The fourth-order valence-electron chi connectivity index (χ4n) is 3.78. The second-order valence-corrected chi connectivity index (χ2v) is 10.8. The van der Waals surface area contributed by atoms with Crippen LogP contribution in [-0.4, -0.2) is 48.3 Å². The number of aryl methyl sites for hydroxylation is 1. The molecule has 1 N–H and O–H groups in total. The Morgan fingerprint density at radius 2 is 1.85 bits per heavy atom. The zero-order valence-electron chi connectivity index (χ0n) is 21.7. The van der Waals surface area contributed by atoms with Gasteiger partial charge in [-0.1, -0.05) is 35.9 Å². The second-order valence-electron chi connectivity index (χ2n) is 8.58. The number of anilines is 1. The molecule has 0 bridgehead atoms. The summed E-state index contributed by atoms with van der Waals surface area (Å²) in [5.74, 6) is 0.480. The normalized spacial score (nSPS) is 14.0. The lowest BCUT2D eigenvalue weighted by Gasteiger charge is -2.15. The number of nitrogens with zero attached hydrogens (tertiary/aromatic N) is 1. The van der Waals surface area contributed by atoms with Crippen LogP contribution in [0.4, 0.5) is 10.5 Å². The van der Waals surface area contributed by atoms with Gasteiger partial charge in [-0.05, 0) is 95.1 Å². The molecule has 1 aliphatic heterocycles. The molecular weight excluding hydrogens is 620 g/mol. The van der Waals surface area contributed by atoms with Crippen LogP contribution in [-0.2, 0) is 9.59 Å². The van der Waals surface area contributed by atoms with Gasteiger partial charge in [-0.2, -0.15) is 0 Å². The fraction of sp³-hybridized carbons (Fsp3) is 0.207. The number of benzene rings is 3. The standard InChI is InChI=1S/C29H26BrClN2O6S/c1-3-37-24-15-19(14-21(30)27(24)39-17-26(34)32-20-8-6-7-18(2)13-20)16-25-28(35)33(29(36)40-25)11-12-38-23-10-5-4-9-22(23)31/h4-10,13-16H,3,11-12,17H2,1-2H3,(H,32,34)/b25-16-. The zero-order valence-corrected chi connectivity index (χ0v) is 24.9. The van der Waals surface area contributed by atoms with Crippen LogP contribution < -0.4 is 19.5 Å². The molecule has 11 heteroatoms. The van der Waals surface area contributed by atoms with E-state index in [9.17, 15) is 14.4 Å². The highest BCUT2D eigenvalue weighted by molar-refractivity contribution is 9.10. The van der Waals surface area contributed by atoms with Crippen LogP contribution in [0.1, 0.15) is 18.1 Å². The molecular formula is C29H26BrClN2O6S. The number of rotatable bonds is 11. The molecule has 208 valence electrons. The van der Waals surface area contributed by atoms with Gasteiger partial charge in [0.1, 0.15) is 12.4 Å². The van der Waals surface area contributed by atoms with E-state index in [4.69, 9.17) is 25.8 Å². The molecule has 0 radical (unpaired) electrons. The van der Waals surface area contributed by atoms with Crippen LogP contribution in [0.25, 0.3) is 6.08 Å². The number of nitrogens with one attached hydrogen (secondary N) is 1. The smallest absolute Gasteiger partial charge is 0.293 e. The highest BCUT2D eigenvalue weighted by Gasteiger charge is 2.35. The molecule has 1 aliphatic rings. The van der Waals surface area contributed by atoms with Gasteiger partial charge in [-0.25, -0.2) is 0 Å². The van der Waals surface area contributed by atoms with Gasteiger partial charge < -0.3 is 19.5 Å². The molecule has 0 saturated carbocycles. The van der Waals surface area contributed by atoms with Crippen molar-refractivity contribution in [3.05, 3.63) is 86.2 Å². The maximum Gasteiger partial charge on any atom is 0.293 e. The Morgan fingerprint density at radius 3 is 2.60 bits per heavy atom. The lowest BCUT2D eigenvalue weighted by atomic mass is 10.2. The van der Waals surface area contributed by atoms with E-state index in [1.807, 2.05) is 32.0 Å². The lowest BCUT2D eigenvalue weighted by Crippen LogP contribution is -2.32. The number of imide groups is 1. The molecule has 4 rings (SSSR count). The minimum Gasteiger partial charge on any atom is -0.490 e. The van der Waals surface area contributed by atoms with Gasteiger partial charge in [-0.15, -0.1) is 0 Å². The van der Waals surface area contributed by atoms with Crippen molar-refractivity contribution in [2.24, 2.45) is 0 Å². The van der Waals surface area contributed by atoms with Crippen LogP contribution >= 0.6 is 39.3 Å². The minimum absolute atomic E-state index is 0.0819. The molecule has 0 aliphatic carbocycles. The van der Waals surface area contributed by atoms with Crippen molar-refractivity contribution in [1.29, 1.82) is 0 Å². The quantitative estimate of drug-likeness (QED) is 0.226. The Kier molecular flexibility index (Phi) is 10.1. The van der Waals surface area contributed by atoms with Crippen molar-refractivity contribution in [3.8, 4) is 17.2 Å². The highest BCUT2D eigenvalue weighted by Crippen LogP contribution is 2.39. The van der Waals surface area contributed by atoms with Gasteiger partial charge in [0.15, 0.2) is 18.1 Å². The zero-order chi connectivity index (χ0) is 28.6. The average Bonchev–Trinajstić information content (AvgIpc) is 3.16. The summed E-state index contributed by atoms with van der Waals surface area (Å²) in [6.45, 7) is 4.07. The number of halogens is 2. The van der Waals surface area contributed by atoms with Gasteiger partial charge in [0.2, 0.25) is 0 Å². The molecule has 3 aromatic carbocycles. The molecule has 1 saturated heterocycles. The van der Waals surface area contributed by atoms with Gasteiger partial charge >= 0.3 is 0 Å². The molecule has 0 unspecified atom stereocenters. The number of thioether (sulfide) groups is 1. The summed E-state index contributed by atoms with van der Waals surface area (Å²) in [7, 11) is 0. The van der Waals surface area contributed by atoms with Crippen LogP contribution in [0.3, 0.4) is 0 Å². The van der Waals surface area contributed by atoms with Crippen molar-refractivity contribution in [2.75, 3.05) is 31.7 Å². The molecule has 3 aromatic rings. The molecule has 0 spiro atoms. The SMILES string of the molecule is CCOc1cc(/C=C2\SC(=O)N(CCOc3ccccc3Cl)C2=O)cc(Br)c1OCC(=O)Nc1cccc(C)c1. The van der Waals surface area contributed by atoms with E-state index < -0.39 is 5.91 Å². The summed E-state index contributed by atoms with van der Waals surface area (Å²) in [6, 6.07) is 17.9. The summed E-state index contributed by atoms with van der Waals surface area (Å²) in [5, 5.41) is 2.87. The number of para-hydroxylation sites is 1. The maximum absolute atomic E-state index is 13.0. The molecule has 1 heterocycles. The molecule has 40 heavy (non-hydrogen) atoms. The van der Waals surface area contributed by atoms with Crippen LogP contribution in [0.15, 0.2) is 70.0 Å². The predicted octanol–water partition coefficient (Wildman–Crippen LogP) is 6.94. The van der Waals surface area contributed by atoms with Crippen LogP contribution in [0.2, 0.25) is 5.02 Å². The van der Waals surface area contributed by atoms with E-state index in [2.05, 4.69) is 21.2 Å². The van der Waals surface area contributed by atoms with Crippen molar-refractivity contribution < 1.29 is 28.6 Å². The number of amides is 3. The van der Waals surface area contributed by atoms with E-state index in [0.29, 0.717) is 44.6 Å². The topological polar surface area (TPSA) is 94.2 Å². The van der Waals surface area contributed by atoms with Crippen molar-refractivity contribution in [3.63, 3.8) is 0 Å². The van der Waals surface area contributed by atoms with Gasteiger partial charge in [0, 0.05) is 5.69 Å². The molecule has 0 atom stereocenters. The molecule has 0 aromatic heterocycles. The van der Waals surface area contributed by atoms with E-state index in [1.165, 1.54) is 0 Å². The maximum atomic E-state index is 13.0. The third-order valence-corrected chi connectivity index (χ3v) is 7.37. The monoisotopic (exact) mass is 644 g/mol. The second kappa shape index (κ2) is 13.7. The average molecular weight is 646 g/mol. The van der Waals surface area contributed by atoms with Crippen LogP contribution in [0.5, 0.6) is 17.2 Å². The third kappa shape index (κ3) is 7.59. The summed E-state index contributed by atoms with van der Waals surface area (Å²) in [6.07, 6.45) is 1.61. The summed E-state index contributed by atoms with van der Waals surface area (Å²) < 4.78 is 17.7. The van der Waals surface area contributed by atoms with E-state index in [-0.39, 0.29) is 35.8 Å². The highest BCUT2D eigenvalue weighted by atomic mass is 79.9. The van der Waals surface area contributed by atoms with E-state index in [0.717, 1.165) is 22.2 Å². The minimum atomic E-state index is -0.417. The molecule has 1 fully saturated rings. The first kappa shape index (κ1) is 29.5. The Labute approximate surface area is 249 Å². The number of ether oxygens (including phenoxy) is 3. The third-order valence-electron chi connectivity index (χ3n) is 5.56.